The second kappa shape index (κ2) is 7.04. The zero-order valence-electron chi connectivity index (χ0n) is 13.4. The number of hydrogen-bond acceptors (Lipinski definition) is 4. The number of nitrogens with one attached hydrogen (secondary N) is 2. The second-order valence-electron chi connectivity index (χ2n) is 5.63. The van der Waals surface area contributed by atoms with Crippen LogP contribution in [-0.2, 0) is 9.59 Å². The van der Waals surface area contributed by atoms with Gasteiger partial charge in [-0.15, -0.1) is 0 Å². The highest BCUT2D eigenvalue weighted by Gasteiger charge is 2.38. The van der Waals surface area contributed by atoms with Gasteiger partial charge >= 0.3 is 11.8 Å². The van der Waals surface area contributed by atoms with Gasteiger partial charge in [0.1, 0.15) is 0 Å². The normalized spacial score (nSPS) is 22.7. The fourth-order valence-corrected chi connectivity index (χ4v) is 2.46. The van der Waals surface area contributed by atoms with E-state index in [0.29, 0.717) is 13.1 Å². The van der Waals surface area contributed by atoms with Crippen molar-refractivity contribution in [2.75, 3.05) is 27.2 Å². The highest BCUT2D eigenvalue weighted by molar-refractivity contribution is 6.35. The summed E-state index contributed by atoms with van der Waals surface area (Å²) in [6, 6.07) is 0.338. The number of piperazine rings is 1. The molecule has 1 aliphatic heterocycles. The molecule has 4 atom stereocenters. The maximum atomic E-state index is 12.3. The lowest BCUT2D eigenvalue weighted by atomic mass is 10.1. The van der Waals surface area contributed by atoms with Crippen molar-refractivity contribution < 1.29 is 9.59 Å². The Kier molecular flexibility index (Phi) is 5.95. The largest absolute Gasteiger partial charge is 0.328 e. The lowest BCUT2D eigenvalue weighted by Gasteiger charge is -2.42. The van der Waals surface area contributed by atoms with Crippen LogP contribution < -0.4 is 10.6 Å². The van der Waals surface area contributed by atoms with Gasteiger partial charge in [0.2, 0.25) is 0 Å². The zero-order chi connectivity index (χ0) is 15.4. The number of rotatable bonds is 6. The molecule has 0 saturated carbocycles. The molecule has 4 unspecified atom stereocenters. The Labute approximate surface area is 121 Å². The minimum Gasteiger partial charge on any atom is -0.328 e. The maximum absolute atomic E-state index is 12.3. The molecule has 1 heterocycles. The Morgan fingerprint density at radius 1 is 0.800 bits per heavy atom. The van der Waals surface area contributed by atoms with Crippen molar-refractivity contribution in [1.82, 2.24) is 20.4 Å². The Hall–Kier alpha value is -1.14. The van der Waals surface area contributed by atoms with E-state index >= 15 is 0 Å². The predicted molar refractivity (Wildman–Crippen MR) is 79.4 cm³/mol. The minimum atomic E-state index is -0.388. The molecule has 2 N–H and O–H groups in total. The monoisotopic (exact) mass is 284 g/mol. The lowest BCUT2D eigenvalue weighted by molar-refractivity contribution is -0.159. The summed E-state index contributed by atoms with van der Waals surface area (Å²) in [5.41, 5.74) is 0. The molecule has 1 saturated heterocycles. The molecule has 0 aromatic carbocycles. The summed E-state index contributed by atoms with van der Waals surface area (Å²) < 4.78 is 0. The van der Waals surface area contributed by atoms with Crippen LogP contribution in [-0.4, -0.2) is 73.0 Å². The number of hydrogen-bond donors (Lipinski definition) is 2. The van der Waals surface area contributed by atoms with E-state index in [1.807, 2.05) is 41.8 Å². The molecule has 1 fully saturated rings. The van der Waals surface area contributed by atoms with Crippen LogP contribution in [0.2, 0.25) is 0 Å². The summed E-state index contributed by atoms with van der Waals surface area (Å²) in [4.78, 5) is 28.0. The highest BCUT2D eigenvalue weighted by atomic mass is 16.2. The lowest BCUT2D eigenvalue weighted by Crippen LogP contribution is -2.63. The molecule has 0 aromatic rings. The van der Waals surface area contributed by atoms with Gasteiger partial charge in [0.15, 0.2) is 0 Å². The molecule has 0 bridgehead atoms. The number of amides is 2. The molecule has 0 spiro atoms. The van der Waals surface area contributed by atoms with E-state index in [4.69, 9.17) is 0 Å². The van der Waals surface area contributed by atoms with Gasteiger partial charge in [0.05, 0.1) is 0 Å². The third-order valence-electron chi connectivity index (χ3n) is 4.63. The Bertz CT molecular complexity index is 327. The SMILES string of the molecule is CNC(C)C(C)N1CCN(C(C)C(C)NC)C(=O)C1=O. The zero-order valence-corrected chi connectivity index (χ0v) is 13.4. The van der Waals surface area contributed by atoms with Gasteiger partial charge in [-0.1, -0.05) is 0 Å². The van der Waals surface area contributed by atoms with E-state index in [2.05, 4.69) is 10.6 Å². The quantitative estimate of drug-likeness (QED) is 0.655. The Morgan fingerprint density at radius 3 is 1.35 bits per heavy atom. The molecule has 116 valence electrons. The second-order valence-corrected chi connectivity index (χ2v) is 5.63. The standard InChI is InChI=1S/C14H28N4O2/c1-9(15-5)11(3)17-7-8-18(14(20)13(17)19)12(4)10(2)16-6/h9-12,15-16H,7-8H2,1-6H3. The number of carbonyl (C=O) groups excluding carboxylic acids is 2. The van der Waals surface area contributed by atoms with Gasteiger partial charge < -0.3 is 20.4 Å². The van der Waals surface area contributed by atoms with Crippen LogP contribution in [0.3, 0.4) is 0 Å². The van der Waals surface area contributed by atoms with Crippen molar-refractivity contribution in [2.24, 2.45) is 0 Å². The van der Waals surface area contributed by atoms with Crippen LogP contribution in [0.4, 0.5) is 0 Å². The van der Waals surface area contributed by atoms with Crippen LogP contribution in [0.15, 0.2) is 0 Å². The Morgan fingerprint density at radius 2 is 1.10 bits per heavy atom. The van der Waals surface area contributed by atoms with E-state index in [0.717, 1.165) is 0 Å². The van der Waals surface area contributed by atoms with Crippen molar-refractivity contribution >= 4 is 11.8 Å². The van der Waals surface area contributed by atoms with Crippen molar-refractivity contribution in [3.8, 4) is 0 Å². The molecule has 0 aromatic heterocycles. The van der Waals surface area contributed by atoms with Gasteiger partial charge in [-0.05, 0) is 41.8 Å². The van der Waals surface area contributed by atoms with E-state index in [-0.39, 0.29) is 36.0 Å². The van der Waals surface area contributed by atoms with Crippen LogP contribution in [0.5, 0.6) is 0 Å². The molecule has 20 heavy (non-hydrogen) atoms. The van der Waals surface area contributed by atoms with Crippen LogP contribution in [0.1, 0.15) is 27.7 Å². The van der Waals surface area contributed by atoms with Gasteiger partial charge in [0.25, 0.3) is 0 Å². The summed E-state index contributed by atoms with van der Waals surface area (Å²) in [6.07, 6.45) is 0. The van der Waals surface area contributed by atoms with Crippen LogP contribution in [0, 0.1) is 0 Å². The molecule has 0 aliphatic carbocycles. The summed E-state index contributed by atoms with van der Waals surface area (Å²) >= 11 is 0. The first-order valence-electron chi connectivity index (χ1n) is 7.31. The average Bonchev–Trinajstić information content (AvgIpc) is 2.46. The first-order valence-corrected chi connectivity index (χ1v) is 7.31. The minimum absolute atomic E-state index is 0.00984. The van der Waals surface area contributed by atoms with E-state index in [1.54, 1.807) is 9.80 Å². The van der Waals surface area contributed by atoms with E-state index in [1.165, 1.54) is 0 Å². The summed E-state index contributed by atoms with van der Waals surface area (Å²) in [6.45, 7) is 9.17. The molecular formula is C14H28N4O2. The molecule has 2 amide bonds. The molecule has 1 rings (SSSR count). The first-order chi connectivity index (χ1) is 9.34. The number of likely N-dealkylation sites (N-methyl/N-ethyl adjacent to an activating group) is 2. The van der Waals surface area contributed by atoms with Crippen LogP contribution in [0.25, 0.3) is 0 Å². The van der Waals surface area contributed by atoms with Gasteiger partial charge in [-0.25, -0.2) is 0 Å². The summed E-state index contributed by atoms with van der Waals surface area (Å²) in [5, 5.41) is 6.26. The molecule has 1 aliphatic rings. The average molecular weight is 284 g/mol. The molecule has 0 radical (unpaired) electrons. The van der Waals surface area contributed by atoms with Crippen molar-refractivity contribution in [2.45, 2.75) is 51.9 Å². The molecular weight excluding hydrogens is 256 g/mol. The summed E-state index contributed by atoms with van der Waals surface area (Å²) in [7, 11) is 3.72. The van der Waals surface area contributed by atoms with Gasteiger partial charge in [0, 0.05) is 37.3 Å². The van der Waals surface area contributed by atoms with Gasteiger partial charge in [-0.2, -0.15) is 0 Å². The predicted octanol–water partition coefficient (Wildman–Crippen LogP) is -0.350. The topological polar surface area (TPSA) is 64.7 Å². The van der Waals surface area contributed by atoms with E-state index < -0.39 is 0 Å². The van der Waals surface area contributed by atoms with E-state index in [9.17, 15) is 9.59 Å². The third-order valence-corrected chi connectivity index (χ3v) is 4.63. The number of carbonyl (C=O) groups is 2. The van der Waals surface area contributed by atoms with Crippen LogP contribution >= 0.6 is 0 Å². The first kappa shape index (κ1) is 16.9. The van der Waals surface area contributed by atoms with Crippen molar-refractivity contribution in [1.29, 1.82) is 0 Å². The third kappa shape index (κ3) is 3.30. The fourth-order valence-electron chi connectivity index (χ4n) is 2.46. The van der Waals surface area contributed by atoms with Gasteiger partial charge in [-0.3, -0.25) is 9.59 Å². The summed E-state index contributed by atoms with van der Waals surface area (Å²) in [5.74, 6) is -0.776. The highest BCUT2D eigenvalue weighted by Crippen LogP contribution is 2.15. The molecule has 6 nitrogen and oxygen atoms in total. The smallest absolute Gasteiger partial charge is 0.312 e. The fraction of sp³-hybridized carbons (Fsp3) is 0.857. The molecule has 6 heteroatoms. The Balaban J connectivity index is 2.77. The van der Waals surface area contributed by atoms with Crippen molar-refractivity contribution in [3.05, 3.63) is 0 Å². The maximum Gasteiger partial charge on any atom is 0.312 e. The van der Waals surface area contributed by atoms with Crippen molar-refractivity contribution in [3.63, 3.8) is 0 Å². The number of nitrogens with zero attached hydrogens (tertiary/aromatic N) is 2.